The van der Waals surface area contributed by atoms with E-state index in [1.807, 2.05) is 30.8 Å². The predicted molar refractivity (Wildman–Crippen MR) is 99.0 cm³/mol. The SMILES string of the molecule is CCOC(=O)N1CCC(SCc2ccc(OC)c(OC)c2OC)CC1. The van der Waals surface area contributed by atoms with Crippen LogP contribution in [0.25, 0.3) is 0 Å². The first kappa shape index (κ1) is 19.6. The van der Waals surface area contributed by atoms with E-state index in [-0.39, 0.29) is 6.09 Å². The minimum absolute atomic E-state index is 0.201. The van der Waals surface area contributed by atoms with Gasteiger partial charge in [0.25, 0.3) is 0 Å². The van der Waals surface area contributed by atoms with Gasteiger partial charge in [-0.05, 0) is 25.8 Å². The Morgan fingerprint density at radius 1 is 1.12 bits per heavy atom. The molecule has 0 spiro atoms. The van der Waals surface area contributed by atoms with Gasteiger partial charge in [0.15, 0.2) is 11.5 Å². The van der Waals surface area contributed by atoms with Gasteiger partial charge in [0, 0.05) is 29.7 Å². The maximum Gasteiger partial charge on any atom is 0.409 e. The van der Waals surface area contributed by atoms with E-state index in [2.05, 4.69) is 0 Å². The van der Waals surface area contributed by atoms with Crippen molar-refractivity contribution in [2.75, 3.05) is 41.0 Å². The van der Waals surface area contributed by atoms with Crippen LogP contribution in [0, 0.1) is 0 Å². The highest BCUT2D eigenvalue weighted by atomic mass is 32.2. The molecule has 1 saturated heterocycles. The van der Waals surface area contributed by atoms with Crippen molar-refractivity contribution >= 4 is 17.9 Å². The summed E-state index contributed by atoms with van der Waals surface area (Å²) in [6, 6.07) is 3.92. The molecular formula is C18H27NO5S. The zero-order chi connectivity index (χ0) is 18.2. The van der Waals surface area contributed by atoms with Gasteiger partial charge in [-0.1, -0.05) is 6.07 Å². The number of piperidine rings is 1. The fourth-order valence-electron chi connectivity index (χ4n) is 2.90. The van der Waals surface area contributed by atoms with E-state index in [1.54, 1.807) is 26.2 Å². The molecule has 25 heavy (non-hydrogen) atoms. The van der Waals surface area contributed by atoms with Crippen molar-refractivity contribution in [3.63, 3.8) is 0 Å². The van der Waals surface area contributed by atoms with E-state index in [0.717, 1.165) is 43.0 Å². The highest BCUT2D eigenvalue weighted by Gasteiger charge is 2.24. The summed E-state index contributed by atoms with van der Waals surface area (Å²) < 4.78 is 21.4. The lowest BCUT2D eigenvalue weighted by Crippen LogP contribution is -2.39. The van der Waals surface area contributed by atoms with Crippen LogP contribution in [-0.4, -0.2) is 57.3 Å². The molecule has 1 heterocycles. The molecule has 1 aromatic rings. The van der Waals surface area contributed by atoms with E-state index in [1.165, 1.54) is 0 Å². The van der Waals surface area contributed by atoms with Gasteiger partial charge >= 0.3 is 6.09 Å². The van der Waals surface area contributed by atoms with Crippen LogP contribution in [0.3, 0.4) is 0 Å². The molecule has 1 aliphatic heterocycles. The Hall–Kier alpha value is -1.76. The van der Waals surface area contributed by atoms with Crippen LogP contribution in [0.4, 0.5) is 4.79 Å². The molecule has 140 valence electrons. The van der Waals surface area contributed by atoms with Crippen LogP contribution in [0.1, 0.15) is 25.3 Å². The van der Waals surface area contributed by atoms with E-state index < -0.39 is 0 Å². The molecule has 2 rings (SSSR count). The number of rotatable bonds is 7. The molecule has 7 heteroatoms. The maximum absolute atomic E-state index is 11.8. The molecule has 0 aliphatic carbocycles. The Bertz CT molecular complexity index is 573. The number of hydrogen-bond acceptors (Lipinski definition) is 6. The number of methoxy groups -OCH3 is 3. The van der Waals surface area contributed by atoms with Crippen LogP contribution in [0.15, 0.2) is 12.1 Å². The zero-order valence-electron chi connectivity index (χ0n) is 15.4. The molecule has 1 fully saturated rings. The van der Waals surface area contributed by atoms with Gasteiger partial charge in [-0.15, -0.1) is 0 Å². The third kappa shape index (κ3) is 4.87. The molecular weight excluding hydrogens is 342 g/mol. The normalized spacial score (nSPS) is 15.0. The van der Waals surface area contributed by atoms with Gasteiger partial charge in [-0.3, -0.25) is 0 Å². The highest BCUT2D eigenvalue weighted by Crippen LogP contribution is 2.41. The summed E-state index contributed by atoms with van der Waals surface area (Å²) in [6.45, 7) is 3.75. The highest BCUT2D eigenvalue weighted by molar-refractivity contribution is 7.99. The average Bonchev–Trinajstić information content (AvgIpc) is 2.65. The summed E-state index contributed by atoms with van der Waals surface area (Å²) in [6.07, 6.45) is 1.74. The smallest absolute Gasteiger partial charge is 0.409 e. The molecule has 6 nitrogen and oxygen atoms in total. The number of carbonyl (C=O) groups excluding carboxylic acids is 1. The van der Waals surface area contributed by atoms with Crippen molar-refractivity contribution < 1.29 is 23.7 Å². The summed E-state index contributed by atoms with van der Waals surface area (Å²) in [5.41, 5.74) is 1.08. The number of amides is 1. The molecule has 0 saturated carbocycles. The van der Waals surface area contributed by atoms with Gasteiger partial charge in [0.1, 0.15) is 0 Å². The quantitative estimate of drug-likeness (QED) is 0.732. The number of nitrogens with zero attached hydrogens (tertiary/aromatic N) is 1. The molecule has 0 atom stereocenters. The Morgan fingerprint density at radius 3 is 2.36 bits per heavy atom. The van der Waals surface area contributed by atoms with E-state index in [0.29, 0.717) is 23.4 Å². The monoisotopic (exact) mass is 369 g/mol. The molecule has 1 aliphatic rings. The first-order valence-corrected chi connectivity index (χ1v) is 9.50. The third-order valence-corrected chi connectivity index (χ3v) is 5.65. The number of ether oxygens (including phenoxy) is 4. The largest absolute Gasteiger partial charge is 0.493 e. The fourth-order valence-corrected chi connectivity index (χ4v) is 4.09. The minimum Gasteiger partial charge on any atom is -0.493 e. The van der Waals surface area contributed by atoms with Crippen molar-refractivity contribution in [2.45, 2.75) is 30.8 Å². The fraction of sp³-hybridized carbons (Fsp3) is 0.611. The van der Waals surface area contributed by atoms with Gasteiger partial charge in [-0.2, -0.15) is 11.8 Å². The molecule has 0 unspecified atom stereocenters. The summed E-state index contributed by atoms with van der Waals surface area (Å²) in [7, 11) is 4.87. The van der Waals surface area contributed by atoms with E-state index in [9.17, 15) is 4.79 Å². The summed E-state index contributed by atoms with van der Waals surface area (Å²) in [5.74, 6) is 2.84. The van der Waals surface area contributed by atoms with Crippen molar-refractivity contribution in [3.05, 3.63) is 17.7 Å². The second kappa shape index (κ2) is 9.65. The Morgan fingerprint density at radius 2 is 1.80 bits per heavy atom. The van der Waals surface area contributed by atoms with Crippen molar-refractivity contribution in [1.82, 2.24) is 4.90 Å². The lowest BCUT2D eigenvalue weighted by atomic mass is 10.1. The van der Waals surface area contributed by atoms with Crippen LogP contribution in [0.5, 0.6) is 17.2 Å². The van der Waals surface area contributed by atoms with Crippen LogP contribution < -0.4 is 14.2 Å². The van der Waals surface area contributed by atoms with Crippen LogP contribution in [0.2, 0.25) is 0 Å². The Balaban J connectivity index is 1.93. The molecule has 0 N–H and O–H groups in total. The topological polar surface area (TPSA) is 57.2 Å². The number of thioether (sulfide) groups is 1. The number of carbonyl (C=O) groups is 1. The van der Waals surface area contributed by atoms with Crippen molar-refractivity contribution in [2.24, 2.45) is 0 Å². The van der Waals surface area contributed by atoms with Crippen molar-refractivity contribution in [1.29, 1.82) is 0 Å². The molecule has 0 radical (unpaired) electrons. The predicted octanol–water partition coefficient (Wildman–Crippen LogP) is 3.57. The first-order chi connectivity index (χ1) is 12.1. The second-order valence-electron chi connectivity index (χ2n) is 5.69. The number of likely N-dealkylation sites (tertiary alicyclic amines) is 1. The molecule has 1 aromatic carbocycles. The lowest BCUT2D eigenvalue weighted by Gasteiger charge is -2.31. The van der Waals surface area contributed by atoms with Gasteiger partial charge in [0.2, 0.25) is 5.75 Å². The molecule has 1 amide bonds. The average molecular weight is 369 g/mol. The zero-order valence-corrected chi connectivity index (χ0v) is 16.2. The van der Waals surface area contributed by atoms with Gasteiger partial charge in [-0.25, -0.2) is 4.79 Å². The Labute approximate surface area is 153 Å². The first-order valence-electron chi connectivity index (χ1n) is 8.45. The van der Waals surface area contributed by atoms with Crippen LogP contribution >= 0.6 is 11.8 Å². The maximum atomic E-state index is 11.8. The van der Waals surface area contributed by atoms with Gasteiger partial charge in [0.05, 0.1) is 27.9 Å². The number of benzene rings is 1. The number of hydrogen-bond donors (Lipinski definition) is 0. The summed E-state index contributed by atoms with van der Waals surface area (Å²) in [5, 5.41) is 0.517. The molecule has 0 bridgehead atoms. The molecule has 0 aromatic heterocycles. The van der Waals surface area contributed by atoms with E-state index >= 15 is 0 Å². The van der Waals surface area contributed by atoms with Crippen LogP contribution in [-0.2, 0) is 10.5 Å². The van der Waals surface area contributed by atoms with Crippen molar-refractivity contribution in [3.8, 4) is 17.2 Å². The standard InChI is InChI=1S/C18H27NO5S/c1-5-24-18(20)19-10-8-14(9-11-19)25-12-13-6-7-15(21-2)17(23-4)16(13)22-3/h6-7,14H,5,8-12H2,1-4H3. The third-order valence-electron chi connectivity index (χ3n) is 4.23. The minimum atomic E-state index is -0.201. The lowest BCUT2D eigenvalue weighted by molar-refractivity contribution is 0.100. The Kier molecular flexibility index (Phi) is 7.55. The summed E-state index contributed by atoms with van der Waals surface area (Å²) in [4.78, 5) is 13.5. The van der Waals surface area contributed by atoms with E-state index in [4.69, 9.17) is 18.9 Å². The summed E-state index contributed by atoms with van der Waals surface area (Å²) >= 11 is 1.88. The van der Waals surface area contributed by atoms with Gasteiger partial charge < -0.3 is 23.8 Å². The second-order valence-corrected chi connectivity index (χ2v) is 6.98.